The van der Waals surface area contributed by atoms with Gasteiger partial charge in [-0.3, -0.25) is 0 Å². The van der Waals surface area contributed by atoms with Crippen LogP contribution in [0.4, 0.5) is 5.69 Å². The summed E-state index contributed by atoms with van der Waals surface area (Å²) < 4.78 is 5.50. The number of benzene rings is 1. The van der Waals surface area contributed by atoms with Crippen LogP contribution in [0, 0.1) is 0 Å². The Labute approximate surface area is 93.8 Å². The number of halogens is 1. The maximum atomic E-state index is 5.93. The highest BCUT2D eigenvalue weighted by molar-refractivity contribution is 7.98. The van der Waals surface area contributed by atoms with Gasteiger partial charge in [0, 0.05) is 0 Å². The van der Waals surface area contributed by atoms with Gasteiger partial charge in [-0.1, -0.05) is 17.7 Å². The van der Waals surface area contributed by atoms with Crippen molar-refractivity contribution in [2.45, 2.75) is 6.42 Å². The van der Waals surface area contributed by atoms with Crippen molar-refractivity contribution >= 4 is 29.1 Å². The zero-order valence-electron chi connectivity index (χ0n) is 8.13. The lowest BCUT2D eigenvalue weighted by Gasteiger charge is -2.09. The molecule has 0 aliphatic carbocycles. The summed E-state index contributed by atoms with van der Waals surface area (Å²) in [5.41, 5.74) is 6.32. The van der Waals surface area contributed by atoms with Gasteiger partial charge in [0.2, 0.25) is 0 Å². The molecule has 2 nitrogen and oxygen atoms in total. The van der Waals surface area contributed by atoms with Gasteiger partial charge >= 0.3 is 0 Å². The number of nitrogens with two attached hydrogens (primary N) is 1. The average molecular weight is 232 g/mol. The van der Waals surface area contributed by atoms with Crippen molar-refractivity contribution in [1.82, 2.24) is 0 Å². The number of ether oxygens (including phenoxy) is 1. The van der Waals surface area contributed by atoms with E-state index in [4.69, 9.17) is 22.1 Å². The highest BCUT2D eigenvalue weighted by atomic mass is 35.5. The Balaban J connectivity index is 2.49. The lowest BCUT2D eigenvalue weighted by atomic mass is 10.3. The third kappa shape index (κ3) is 3.31. The summed E-state index contributed by atoms with van der Waals surface area (Å²) in [6.07, 6.45) is 3.08. The van der Waals surface area contributed by atoms with Crippen LogP contribution >= 0.6 is 23.4 Å². The maximum absolute atomic E-state index is 5.93. The summed E-state index contributed by atoms with van der Waals surface area (Å²) >= 11 is 7.73. The van der Waals surface area contributed by atoms with Crippen LogP contribution in [0.15, 0.2) is 18.2 Å². The molecule has 1 aromatic carbocycles. The predicted molar refractivity (Wildman–Crippen MR) is 64.4 cm³/mol. The molecular formula is C10H14ClNOS. The van der Waals surface area contributed by atoms with E-state index < -0.39 is 0 Å². The van der Waals surface area contributed by atoms with Gasteiger partial charge < -0.3 is 10.5 Å². The van der Waals surface area contributed by atoms with E-state index in [9.17, 15) is 0 Å². The monoisotopic (exact) mass is 231 g/mol. The first kappa shape index (κ1) is 11.5. The molecule has 0 aliphatic heterocycles. The predicted octanol–water partition coefficient (Wildman–Crippen LogP) is 3.05. The second kappa shape index (κ2) is 6.04. The summed E-state index contributed by atoms with van der Waals surface area (Å²) in [4.78, 5) is 0. The van der Waals surface area contributed by atoms with Crippen molar-refractivity contribution in [1.29, 1.82) is 0 Å². The fraction of sp³-hybridized carbons (Fsp3) is 0.400. The second-order valence-electron chi connectivity index (χ2n) is 2.85. The molecule has 78 valence electrons. The van der Waals surface area contributed by atoms with E-state index in [0.29, 0.717) is 23.1 Å². The molecule has 0 saturated carbocycles. The van der Waals surface area contributed by atoms with Crippen LogP contribution in [0.5, 0.6) is 5.75 Å². The Bertz CT molecular complexity index is 273. The molecule has 2 N–H and O–H groups in total. The molecule has 0 unspecified atom stereocenters. The fourth-order valence-corrected chi connectivity index (χ4v) is 1.70. The lowest BCUT2D eigenvalue weighted by Crippen LogP contribution is -2.01. The molecule has 0 fully saturated rings. The van der Waals surface area contributed by atoms with E-state index in [1.54, 1.807) is 23.9 Å². The van der Waals surface area contributed by atoms with Crippen molar-refractivity contribution in [2.75, 3.05) is 24.3 Å². The number of para-hydroxylation sites is 1. The topological polar surface area (TPSA) is 35.2 Å². The van der Waals surface area contributed by atoms with E-state index in [2.05, 4.69) is 6.26 Å². The standard InChI is InChI=1S/C10H14ClNOS/c1-14-7-3-6-13-10-8(11)4-2-5-9(10)12/h2,4-5H,3,6-7,12H2,1H3. The summed E-state index contributed by atoms with van der Waals surface area (Å²) in [5, 5.41) is 0.578. The molecule has 0 amide bonds. The molecule has 1 rings (SSSR count). The minimum atomic E-state index is 0.578. The van der Waals surface area contributed by atoms with Gasteiger partial charge in [0.05, 0.1) is 17.3 Å². The second-order valence-corrected chi connectivity index (χ2v) is 4.25. The summed E-state index contributed by atoms with van der Waals surface area (Å²) in [6, 6.07) is 5.38. The van der Waals surface area contributed by atoms with Crippen LogP contribution in [0.1, 0.15) is 6.42 Å². The molecule has 0 aromatic heterocycles. The third-order valence-corrected chi connectivity index (χ3v) is 2.73. The zero-order valence-corrected chi connectivity index (χ0v) is 9.70. The zero-order chi connectivity index (χ0) is 10.4. The normalized spacial score (nSPS) is 10.1. The van der Waals surface area contributed by atoms with Crippen LogP contribution in [-0.2, 0) is 0 Å². The Morgan fingerprint density at radius 1 is 1.50 bits per heavy atom. The molecule has 0 saturated heterocycles. The largest absolute Gasteiger partial charge is 0.490 e. The summed E-state index contributed by atoms with van der Waals surface area (Å²) in [7, 11) is 0. The van der Waals surface area contributed by atoms with Gasteiger partial charge in [-0.15, -0.1) is 0 Å². The van der Waals surface area contributed by atoms with Gasteiger partial charge in [0.1, 0.15) is 0 Å². The highest BCUT2D eigenvalue weighted by Crippen LogP contribution is 2.30. The first-order valence-electron chi connectivity index (χ1n) is 4.41. The van der Waals surface area contributed by atoms with Gasteiger partial charge in [-0.05, 0) is 30.6 Å². The highest BCUT2D eigenvalue weighted by Gasteiger charge is 2.04. The molecule has 0 heterocycles. The SMILES string of the molecule is CSCCCOc1c(N)cccc1Cl. The molecule has 0 bridgehead atoms. The summed E-state index contributed by atoms with van der Waals surface area (Å²) in [6.45, 7) is 0.661. The van der Waals surface area contributed by atoms with Crippen LogP contribution in [0.3, 0.4) is 0 Å². The van der Waals surface area contributed by atoms with Crippen molar-refractivity contribution < 1.29 is 4.74 Å². The first-order valence-corrected chi connectivity index (χ1v) is 6.18. The van der Waals surface area contributed by atoms with Crippen molar-refractivity contribution in [2.24, 2.45) is 0 Å². The van der Waals surface area contributed by atoms with Crippen molar-refractivity contribution in [3.05, 3.63) is 23.2 Å². The van der Waals surface area contributed by atoms with Gasteiger partial charge in [0.25, 0.3) is 0 Å². The third-order valence-electron chi connectivity index (χ3n) is 1.74. The van der Waals surface area contributed by atoms with Crippen LogP contribution in [-0.4, -0.2) is 18.6 Å². The number of hydrogen-bond acceptors (Lipinski definition) is 3. The fourth-order valence-electron chi connectivity index (χ4n) is 1.06. The Kier molecular flexibility index (Phi) is 4.98. The molecule has 0 radical (unpaired) electrons. The van der Waals surface area contributed by atoms with E-state index in [1.165, 1.54) is 0 Å². The Morgan fingerprint density at radius 2 is 2.29 bits per heavy atom. The summed E-state index contributed by atoms with van der Waals surface area (Å²) in [5.74, 6) is 1.69. The Hall–Kier alpha value is -0.540. The van der Waals surface area contributed by atoms with Gasteiger partial charge in [-0.25, -0.2) is 0 Å². The smallest absolute Gasteiger partial charge is 0.160 e. The molecule has 4 heteroatoms. The van der Waals surface area contributed by atoms with Crippen molar-refractivity contribution in [3.8, 4) is 5.75 Å². The molecule has 0 atom stereocenters. The quantitative estimate of drug-likeness (QED) is 0.625. The molecular weight excluding hydrogens is 218 g/mol. The van der Waals surface area contributed by atoms with Crippen LogP contribution in [0.2, 0.25) is 5.02 Å². The Morgan fingerprint density at radius 3 is 2.93 bits per heavy atom. The molecule has 0 spiro atoms. The lowest BCUT2D eigenvalue weighted by molar-refractivity contribution is 0.320. The van der Waals surface area contributed by atoms with E-state index in [-0.39, 0.29) is 0 Å². The maximum Gasteiger partial charge on any atom is 0.160 e. The van der Waals surface area contributed by atoms with E-state index in [0.717, 1.165) is 12.2 Å². The molecule has 1 aromatic rings. The number of nitrogen functional groups attached to an aromatic ring is 1. The molecule has 0 aliphatic rings. The van der Waals surface area contributed by atoms with Crippen LogP contribution in [0.25, 0.3) is 0 Å². The van der Waals surface area contributed by atoms with E-state index in [1.807, 2.05) is 6.07 Å². The van der Waals surface area contributed by atoms with Gasteiger partial charge in [-0.2, -0.15) is 11.8 Å². The number of hydrogen-bond donors (Lipinski definition) is 1. The number of anilines is 1. The minimum absolute atomic E-state index is 0.578. The number of thioether (sulfide) groups is 1. The molecule has 14 heavy (non-hydrogen) atoms. The minimum Gasteiger partial charge on any atom is -0.490 e. The average Bonchev–Trinajstić information content (AvgIpc) is 2.16. The van der Waals surface area contributed by atoms with E-state index >= 15 is 0 Å². The van der Waals surface area contributed by atoms with Gasteiger partial charge in [0.15, 0.2) is 5.75 Å². The van der Waals surface area contributed by atoms with Crippen molar-refractivity contribution in [3.63, 3.8) is 0 Å². The van der Waals surface area contributed by atoms with Crippen LogP contribution < -0.4 is 10.5 Å². The number of rotatable bonds is 5. The first-order chi connectivity index (χ1) is 6.75.